The van der Waals surface area contributed by atoms with E-state index in [2.05, 4.69) is 4.74 Å². The van der Waals surface area contributed by atoms with Crippen LogP contribution in [-0.4, -0.2) is 43.6 Å². The third-order valence-electron chi connectivity index (χ3n) is 1.43. The largest absolute Gasteiger partial charge is 0.480 e. The molecule has 1 N–H and O–H groups in total. The van der Waals surface area contributed by atoms with Gasteiger partial charge >= 0.3 is 11.9 Å². The second kappa shape index (κ2) is 4.22. The molecule has 0 aliphatic rings. The molecule has 0 aromatic heterocycles. The summed E-state index contributed by atoms with van der Waals surface area (Å²) < 4.78 is 26.2. The van der Waals surface area contributed by atoms with E-state index in [0.29, 0.717) is 0 Å². The first-order valence-corrected chi connectivity index (χ1v) is 5.04. The quantitative estimate of drug-likeness (QED) is 0.600. The minimum Gasteiger partial charge on any atom is -0.480 e. The molecule has 7 heteroatoms. The molecular formula is C6H10O6S. The summed E-state index contributed by atoms with van der Waals surface area (Å²) >= 11 is 0. The zero-order valence-electron chi connectivity index (χ0n) is 7.18. The third kappa shape index (κ3) is 3.41. The van der Waals surface area contributed by atoms with Crippen LogP contribution in [0.3, 0.4) is 0 Å². The number of esters is 1. The van der Waals surface area contributed by atoms with Crippen molar-refractivity contribution in [2.24, 2.45) is 0 Å². The molecule has 76 valence electrons. The number of carbonyl (C=O) groups excluding carboxylic acids is 1. The number of carboxylic acids is 1. The van der Waals surface area contributed by atoms with Crippen LogP contribution in [0.25, 0.3) is 0 Å². The summed E-state index contributed by atoms with van der Waals surface area (Å²) in [5.74, 6) is -3.35. The third-order valence-corrected chi connectivity index (χ3v) is 3.35. The first-order valence-electron chi connectivity index (χ1n) is 3.32. The number of hydrogen-bond acceptors (Lipinski definition) is 5. The van der Waals surface area contributed by atoms with Crippen LogP contribution in [0.5, 0.6) is 0 Å². The highest BCUT2D eigenvalue weighted by Gasteiger charge is 2.30. The average Bonchev–Trinajstić information content (AvgIpc) is 2.01. The van der Waals surface area contributed by atoms with Crippen molar-refractivity contribution in [3.05, 3.63) is 0 Å². The summed E-state index contributed by atoms with van der Waals surface area (Å²) in [6, 6.07) is 0. The summed E-state index contributed by atoms with van der Waals surface area (Å²) in [4.78, 5) is 20.8. The molecule has 0 fully saturated rings. The molecule has 13 heavy (non-hydrogen) atoms. The second-order valence-corrected chi connectivity index (χ2v) is 4.69. The highest BCUT2D eigenvalue weighted by Crippen LogP contribution is 2.02. The van der Waals surface area contributed by atoms with Gasteiger partial charge < -0.3 is 9.84 Å². The molecule has 0 bridgehead atoms. The lowest BCUT2D eigenvalue weighted by atomic mass is 10.5. The van der Waals surface area contributed by atoms with Crippen LogP contribution in [0.4, 0.5) is 0 Å². The molecule has 6 nitrogen and oxygen atoms in total. The van der Waals surface area contributed by atoms with Crippen molar-refractivity contribution in [1.82, 2.24) is 0 Å². The van der Waals surface area contributed by atoms with Crippen LogP contribution >= 0.6 is 0 Å². The van der Waals surface area contributed by atoms with Crippen LogP contribution in [0, 0.1) is 0 Å². The van der Waals surface area contributed by atoms with Crippen molar-refractivity contribution in [2.75, 3.05) is 12.9 Å². The van der Waals surface area contributed by atoms with E-state index in [1.807, 2.05) is 0 Å². The van der Waals surface area contributed by atoms with Crippen molar-refractivity contribution >= 4 is 21.8 Å². The monoisotopic (exact) mass is 210 g/mol. The molecular weight excluding hydrogens is 200 g/mol. The standard InChI is InChI=1S/C6H10O6S/c1-4(6(8)9)13(10,11)3-5(7)12-2/h4H,3H2,1-2H3,(H,8,9). The first kappa shape index (κ1) is 11.9. The molecule has 0 amide bonds. The van der Waals surface area contributed by atoms with Gasteiger partial charge in [0.15, 0.2) is 15.1 Å². The second-order valence-electron chi connectivity index (χ2n) is 2.36. The fraction of sp³-hybridized carbons (Fsp3) is 0.667. The molecule has 0 aromatic rings. The maximum atomic E-state index is 11.1. The predicted molar refractivity (Wildman–Crippen MR) is 42.9 cm³/mol. The Bertz CT molecular complexity index is 303. The Labute approximate surface area is 75.4 Å². The summed E-state index contributed by atoms with van der Waals surface area (Å²) in [6.07, 6.45) is 0. The molecule has 0 aliphatic carbocycles. The van der Waals surface area contributed by atoms with E-state index in [1.165, 1.54) is 0 Å². The molecule has 1 unspecified atom stereocenters. The SMILES string of the molecule is COC(=O)CS(=O)(=O)C(C)C(=O)O. The van der Waals surface area contributed by atoms with Gasteiger partial charge in [-0.15, -0.1) is 0 Å². The highest BCUT2D eigenvalue weighted by molar-refractivity contribution is 7.93. The Morgan fingerprint density at radius 1 is 1.46 bits per heavy atom. The molecule has 0 rings (SSSR count). The van der Waals surface area contributed by atoms with Gasteiger partial charge in [0, 0.05) is 0 Å². The fourth-order valence-electron chi connectivity index (χ4n) is 0.502. The lowest BCUT2D eigenvalue weighted by molar-refractivity contribution is -0.137. The van der Waals surface area contributed by atoms with E-state index < -0.39 is 32.8 Å². The van der Waals surface area contributed by atoms with Gasteiger partial charge in [-0.3, -0.25) is 9.59 Å². The summed E-state index contributed by atoms with van der Waals surface area (Å²) in [7, 11) is -2.91. The molecule has 0 spiro atoms. The maximum Gasteiger partial charge on any atom is 0.321 e. The molecule has 0 heterocycles. The van der Waals surface area contributed by atoms with Crippen molar-refractivity contribution in [2.45, 2.75) is 12.2 Å². The number of carboxylic acid groups (broad SMARTS) is 1. The van der Waals surface area contributed by atoms with Crippen LogP contribution in [0.2, 0.25) is 0 Å². The van der Waals surface area contributed by atoms with E-state index in [9.17, 15) is 18.0 Å². The number of rotatable bonds is 4. The average molecular weight is 210 g/mol. The van der Waals surface area contributed by atoms with Gasteiger partial charge in [0.2, 0.25) is 0 Å². The number of sulfone groups is 1. The van der Waals surface area contributed by atoms with Crippen LogP contribution in [0.1, 0.15) is 6.92 Å². The summed E-state index contributed by atoms with van der Waals surface area (Å²) in [6.45, 7) is 1.00. The summed E-state index contributed by atoms with van der Waals surface area (Å²) in [5.41, 5.74) is 0. The van der Waals surface area contributed by atoms with Crippen molar-refractivity contribution < 1.29 is 27.9 Å². The van der Waals surface area contributed by atoms with Crippen molar-refractivity contribution in [3.8, 4) is 0 Å². The normalized spacial score (nSPS) is 13.4. The molecule has 0 aliphatic heterocycles. The Kier molecular flexibility index (Phi) is 3.86. The lowest BCUT2D eigenvalue weighted by Gasteiger charge is -2.06. The Hall–Kier alpha value is -1.11. The topological polar surface area (TPSA) is 97.7 Å². The van der Waals surface area contributed by atoms with E-state index in [0.717, 1.165) is 14.0 Å². The van der Waals surface area contributed by atoms with E-state index >= 15 is 0 Å². The maximum absolute atomic E-state index is 11.1. The van der Waals surface area contributed by atoms with Gasteiger partial charge in [0.05, 0.1) is 7.11 Å². The fourth-order valence-corrected chi connectivity index (χ4v) is 1.51. The van der Waals surface area contributed by atoms with Gasteiger partial charge in [-0.05, 0) is 6.92 Å². The van der Waals surface area contributed by atoms with Crippen LogP contribution in [0.15, 0.2) is 0 Å². The van der Waals surface area contributed by atoms with Crippen molar-refractivity contribution in [3.63, 3.8) is 0 Å². The highest BCUT2D eigenvalue weighted by atomic mass is 32.2. The molecule has 0 saturated heterocycles. The number of aliphatic carboxylic acids is 1. The van der Waals surface area contributed by atoms with Crippen LogP contribution < -0.4 is 0 Å². The van der Waals surface area contributed by atoms with E-state index in [1.54, 1.807) is 0 Å². The predicted octanol–water partition coefficient (Wildman–Crippen LogP) is -0.953. The first-order chi connectivity index (χ1) is 5.81. The van der Waals surface area contributed by atoms with Crippen LogP contribution in [-0.2, 0) is 24.2 Å². The minimum atomic E-state index is -3.94. The minimum absolute atomic E-state index is 0.906. The zero-order chi connectivity index (χ0) is 10.6. The number of hydrogen-bond donors (Lipinski definition) is 1. The smallest absolute Gasteiger partial charge is 0.321 e. The Morgan fingerprint density at radius 3 is 2.23 bits per heavy atom. The zero-order valence-corrected chi connectivity index (χ0v) is 8.00. The van der Waals surface area contributed by atoms with Crippen molar-refractivity contribution in [1.29, 1.82) is 0 Å². The number of methoxy groups -OCH3 is 1. The Morgan fingerprint density at radius 2 is 1.92 bits per heavy atom. The van der Waals surface area contributed by atoms with Gasteiger partial charge in [0.25, 0.3) is 0 Å². The van der Waals surface area contributed by atoms with E-state index in [-0.39, 0.29) is 0 Å². The van der Waals surface area contributed by atoms with Gasteiger partial charge in [-0.2, -0.15) is 0 Å². The molecule has 0 saturated carbocycles. The number of carbonyl (C=O) groups is 2. The number of ether oxygens (including phenoxy) is 1. The molecule has 1 atom stereocenters. The van der Waals surface area contributed by atoms with Gasteiger partial charge in [-0.1, -0.05) is 0 Å². The van der Waals surface area contributed by atoms with E-state index in [4.69, 9.17) is 5.11 Å². The van der Waals surface area contributed by atoms with Gasteiger partial charge in [-0.25, -0.2) is 8.42 Å². The van der Waals surface area contributed by atoms with Gasteiger partial charge in [0.1, 0.15) is 5.75 Å². The lowest BCUT2D eigenvalue weighted by Crippen LogP contribution is -2.32. The summed E-state index contributed by atoms with van der Waals surface area (Å²) in [5, 5.41) is 6.78. The molecule has 0 aromatic carbocycles. The molecule has 0 radical (unpaired) electrons. The Balaban J connectivity index is 4.60.